The first-order chi connectivity index (χ1) is 7.69. The average Bonchev–Trinajstić information content (AvgIpc) is 2.26. The Labute approximate surface area is 101 Å². The molecule has 1 aromatic carbocycles. The molecule has 0 aliphatic rings. The molecule has 0 aliphatic carbocycles. The molecule has 0 unspecified atom stereocenters. The molecule has 88 valence electrons. The maximum atomic E-state index is 11.5. The summed E-state index contributed by atoms with van der Waals surface area (Å²) in [5, 5.41) is 3.61. The smallest absolute Gasteiger partial charge is 0.339 e. The van der Waals surface area contributed by atoms with E-state index in [4.69, 9.17) is 16.3 Å². The van der Waals surface area contributed by atoms with E-state index in [0.717, 1.165) is 18.7 Å². The summed E-state index contributed by atoms with van der Waals surface area (Å²) in [5.74, 6) is -0.380. The maximum Gasteiger partial charge on any atom is 0.339 e. The van der Waals surface area contributed by atoms with Crippen LogP contribution in [-0.2, 0) is 4.74 Å². The maximum absolute atomic E-state index is 11.5. The van der Waals surface area contributed by atoms with Gasteiger partial charge in [-0.15, -0.1) is 0 Å². The van der Waals surface area contributed by atoms with E-state index in [1.54, 1.807) is 19.1 Å². The van der Waals surface area contributed by atoms with Crippen LogP contribution in [0.15, 0.2) is 18.2 Å². The number of hydrogen-bond donors (Lipinski definition) is 1. The quantitative estimate of drug-likeness (QED) is 0.804. The third-order valence-electron chi connectivity index (χ3n) is 2.04. The van der Waals surface area contributed by atoms with Gasteiger partial charge in [0.2, 0.25) is 0 Å². The van der Waals surface area contributed by atoms with Gasteiger partial charge in [-0.25, -0.2) is 4.79 Å². The highest BCUT2D eigenvalue weighted by atomic mass is 35.5. The topological polar surface area (TPSA) is 38.3 Å². The molecule has 4 heteroatoms. The predicted octanol–water partition coefficient (Wildman–Crippen LogP) is 3.34. The van der Waals surface area contributed by atoms with Gasteiger partial charge in [0, 0.05) is 12.2 Å². The molecule has 3 nitrogen and oxygen atoms in total. The number of rotatable bonds is 5. The summed E-state index contributed by atoms with van der Waals surface area (Å²) in [6.45, 7) is 5.09. The lowest BCUT2D eigenvalue weighted by atomic mass is 10.2. The SMILES string of the molecule is CCCNc1ccc(C(=O)OCC)c(Cl)c1. The van der Waals surface area contributed by atoms with E-state index < -0.39 is 0 Å². The number of carbonyl (C=O) groups excluding carboxylic acids is 1. The molecule has 0 amide bonds. The van der Waals surface area contributed by atoms with Crippen LogP contribution in [0.5, 0.6) is 0 Å². The van der Waals surface area contributed by atoms with Gasteiger partial charge >= 0.3 is 5.97 Å². The van der Waals surface area contributed by atoms with Crippen LogP contribution in [0.4, 0.5) is 5.69 Å². The molecule has 0 spiro atoms. The second kappa shape index (κ2) is 6.38. The van der Waals surface area contributed by atoms with Crippen LogP contribution < -0.4 is 5.32 Å². The van der Waals surface area contributed by atoms with E-state index in [1.807, 2.05) is 6.07 Å². The van der Waals surface area contributed by atoms with E-state index in [-0.39, 0.29) is 5.97 Å². The van der Waals surface area contributed by atoms with Gasteiger partial charge in [0.1, 0.15) is 0 Å². The summed E-state index contributed by atoms with van der Waals surface area (Å²) >= 11 is 6.00. The number of benzene rings is 1. The zero-order valence-electron chi connectivity index (χ0n) is 9.55. The van der Waals surface area contributed by atoms with Crippen molar-refractivity contribution in [3.63, 3.8) is 0 Å². The van der Waals surface area contributed by atoms with Gasteiger partial charge in [-0.1, -0.05) is 18.5 Å². The normalized spacial score (nSPS) is 9.94. The molecule has 0 heterocycles. The standard InChI is InChI=1S/C12H16ClNO2/c1-3-7-14-9-5-6-10(11(13)8-9)12(15)16-4-2/h5-6,8,14H,3-4,7H2,1-2H3. The zero-order valence-corrected chi connectivity index (χ0v) is 10.3. The Hall–Kier alpha value is -1.22. The van der Waals surface area contributed by atoms with Crippen molar-refractivity contribution in [2.45, 2.75) is 20.3 Å². The summed E-state index contributed by atoms with van der Waals surface area (Å²) in [6, 6.07) is 5.25. The number of hydrogen-bond acceptors (Lipinski definition) is 3. The fourth-order valence-electron chi connectivity index (χ4n) is 1.27. The summed E-state index contributed by atoms with van der Waals surface area (Å²) in [7, 11) is 0. The number of halogens is 1. The highest BCUT2D eigenvalue weighted by Gasteiger charge is 2.11. The lowest BCUT2D eigenvalue weighted by molar-refractivity contribution is 0.0526. The monoisotopic (exact) mass is 241 g/mol. The zero-order chi connectivity index (χ0) is 12.0. The fourth-order valence-corrected chi connectivity index (χ4v) is 1.53. The number of anilines is 1. The largest absolute Gasteiger partial charge is 0.462 e. The minimum Gasteiger partial charge on any atom is -0.462 e. The van der Waals surface area contributed by atoms with Crippen LogP contribution in [0.1, 0.15) is 30.6 Å². The predicted molar refractivity (Wildman–Crippen MR) is 66.2 cm³/mol. The van der Waals surface area contributed by atoms with Crippen LogP contribution in [-0.4, -0.2) is 19.1 Å². The van der Waals surface area contributed by atoms with Gasteiger partial charge in [-0.2, -0.15) is 0 Å². The second-order valence-electron chi connectivity index (χ2n) is 3.34. The Bertz CT molecular complexity index is 366. The first kappa shape index (κ1) is 12.8. The first-order valence-electron chi connectivity index (χ1n) is 5.39. The van der Waals surface area contributed by atoms with E-state index >= 15 is 0 Å². The van der Waals surface area contributed by atoms with E-state index in [2.05, 4.69) is 12.2 Å². The van der Waals surface area contributed by atoms with Crippen molar-refractivity contribution >= 4 is 23.3 Å². The Morgan fingerprint density at radius 1 is 1.44 bits per heavy atom. The third-order valence-corrected chi connectivity index (χ3v) is 2.36. The minimum absolute atomic E-state index is 0.352. The van der Waals surface area contributed by atoms with Crippen LogP contribution in [0.25, 0.3) is 0 Å². The van der Waals surface area contributed by atoms with Crippen LogP contribution in [0.2, 0.25) is 5.02 Å². The molecule has 0 saturated heterocycles. The molecule has 1 rings (SSSR count). The van der Waals surface area contributed by atoms with Gasteiger partial charge in [0.05, 0.1) is 17.2 Å². The molecule has 0 fully saturated rings. The molecule has 16 heavy (non-hydrogen) atoms. The molecule has 0 radical (unpaired) electrons. The average molecular weight is 242 g/mol. The van der Waals surface area contributed by atoms with Gasteiger partial charge in [-0.05, 0) is 31.5 Å². The van der Waals surface area contributed by atoms with Gasteiger partial charge in [-0.3, -0.25) is 0 Å². The van der Waals surface area contributed by atoms with Crippen molar-refractivity contribution < 1.29 is 9.53 Å². The van der Waals surface area contributed by atoms with E-state index in [1.165, 1.54) is 0 Å². The highest BCUT2D eigenvalue weighted by molar-refractivity contribution is 6.33. The van der Waals surface area contributed by atoms with Crippen molar-refractivity contribution in [3.8, 4) is 0 Å². The molecule has 0 aromatic heterocycles. The number of carbonyl (C=O) groups is 1. The summed E-state index contributed by atoms with van der Waals surface area (Å²) in [4.78, 5) is 11.5. The highest BCUT2D eigenvalue weighted by Crippen LogP contribution is 2.21. The third kappa shape index (κ3) is 3.42. The molecular weight excluding hydrogens is 226 g/mol. The van der Waals surface area contributed by atoms with Crippen molar-refractivity contribution in [2.75, 3.05) is 18.5 Å². The molecule has 1 N–H and O–H groups in total. The van der Waals surface area contributed by atoms with Crippen LogP contribution in [0, 0.1) is 0 Å². The second-order valence-corrected chi connectivity index (χ2v) is 3.75. The number of esters is 1. The summed E-state index contributed by atoms with van der Waals surface area (Å²) in [6.07, 6.45) is 1.04. The van der Waals surface area contributed by atoms with Gasteiger partial charge in [0.15, 0.2) is 0 Å². The Kier molecular flexibility index (Phi) is 5.12. The van der Waals surface area contributed by atoms with Crippen molar-refractivity contribution in [1.29, 1.82) is 0 Å². The lowest BCUT2D eigenvalue weighted by Crippen LogP contribution is -2.06. The van der Waals surface area contributed by atoms with E-state index in [0.29, 0.717) is 17.2 Å². The molecule has 0 atom stereocenters. The number of nitrogens with one attached hydrogen (secondary N) is 1. The summed E-state index contributed by atoms with van der Waals surface area (Å²) < 4.78 is 4.89. The first-order valence-corrected chi connectivity index (χ1v) is 5.77. The molecule has 0 bridgehead atoms. The fraction of sp³-hybridized carbons (Fsp3) is 0.417. The molecular formula is C12H16ClNO2. The van der Waals surface area contributed by atoms with E-state index in [9.17, 15) is 4.79 Å². The molecule has 0 saturated carbocycles. The van der Waals surface area contributed by atoms with Gasteiger partial charge < -0.3 is 10.1 Å². The van der Waals surface area contributed by atoms with Crippen molar-refractivity contribution in [3.05, 3.63) is 28.8 Å². The van der Waals surface area contributed by atoms with Crippen molar-refractivity contribution in [2.24, 2.45) is 0 Å². The van der Waals surface area contributed by atoms with Gasteiger partial charge in [0.25, 0.3) is 0 Å². The molecule has 0 aliphatic heterocycles. The van der Waals surface area contributed by atoms with Crippen LogP contribution in [0.3, 0.4) is 0 Å². The Morgan fingerprint density at radius 3 is 2.75 bits per heavy atom. The molecule has 1 aromatic rings. The lowest BCUT2D eigenvalue weighted by Gasteiger charge is -2.08. The van der Waals surface area contributed by atoms with Crippen molar-refractivity contribution in [1.82, 2.24) is 0 Å². The summed E-state index contributed by atoms with van der Waals surface area (Å²) in [5.41, 5.74) is 1.32. The Morgan fingerprint density at radius 2 is 2.19 bits per heavy atom. The number of ether oxygens (including phenoxy) is 1. The Balaban J connectivity index is 2.78. The van der Waals surface area contributed by atoms with Crippen LogP contribution >= 0.6 is 11.6 Å². The minimum atomic E-state index is -0.380.